The molecule has 0 radical (unpaired) electrons. The summed E-state index contributed by atoms with van der Waals surface area (Å²) >= 11 is 0. The summed E-state index contributed by atoms with van der Waals surface area (Å²) in [6, 6.07) is 19.2. The lowest BCUT2D eigenvalue weighted by atomic mass is 10.0. The van der Waals surface area contributed by atoms with Gasteiger partial charge in [0.15, 0.2) is 11.1 Å². The van der Waals surface area contributed by atoms with E-state index in [1.807, 2.05) is 0 Å². The molecule has 4 heteroatoms. The molecule has 244 valence electrons. The van der Waals surface area contributed by atoms with Crippen LogP contribution in [0.25, 0.3) is 0 Å². The van der Waals surface area contributed by atoms with Gasteiger partial charge in [0.05, 0.1) is 13.2 Å². The zero-order valence-electron chi connectivity index (χ0n) is 28.3. The fraction of sp³-hybridized carbons (Fsp3) is 0.692. The van der Waals surface area contributed by atoms with E-state index in [9.17, 15) is 0 Å². The SMILES string of the molecule is CCCCCCCCCO[P+](OCCCCCCCCC)(Oc1ccc(CCCCCCCCC)cc1)c1ccccc1. The Hall–Kier alpha value is -1.41. The van der Waals surface area contributed by atoms with E-state index in [1.165, 1.54) is 128 Å². The van der Waals surface area contributed by atoms with Crippen molar-refractivity contribution in [2.45, 2.75) is 162 Å². The lowest BCUT2D eigenvalue weighted by molar-refractivity contribution is 0.185. The molecule has 43 heavy (non-hydrogen) atoms. The van der Waals surface area contributed by atoms with Crippen molar-refractivity contribution in [3.8, 4) is 5.75 Å². The Morgan fingerprint density at radius 2 is 0.860 bits per heavy atom. The molecule has 2 rings (SSSR count). The average molecular weight is 614 g/mol. The number of hydrogen-bond donors (Lipinski definition) is 0. The molecular formula is C39H66O3P+. The van der Waals surface area contributed by atoms with Crippen LogP contribution in [0.4, 0.5) is 0 Å². The molecular weight excluding hydrogens is 547 g/mol. The molecule has 0 aliphatic heterocycles. The van der Waals surface area contributed by atoms with Gasteiger partial charge in [0.2, 0.25) is 0 Å². The van der Waals surface area contributed by atoms with Gasteiger partial charge in [-0.25, -0.2) is 0 Å². The van der Waals surface area contributed by atoms with Crippen LogP contribution >= 0.6 is 7.94 Å². The first-order chi connectivity index (χ1) is 21.2. The highest BCUT2D eigenvalue weighted by atomic mass is 31.2. The van der Waals surface area contributed by atoms with Crippen LogP contribution in [0.1, 0.15) is 161 Å². The summed E-state index contributed by atoms with van der Waals surface area (Å²) in [6.07, 6.45) is 28.2. The third kappa shape index (κ3) is 17.6. The number of benzene rings is 2. The zero-order valence-corrected chi connectivity index (χ0v) is 29.2. The maximum atomic E-state index is 6.81. The van der Waals surface area contributed by atoms with Crippen LogP contribution in [-0.2, 0) is 15.5 Å². The van der Waals surface area contributed by atoms with Crippen LogP contribution in [0.3, 0.4) is 0 Å². The largest absolute Gasteiger partial charge is 0.492 e. The Bertz CT molecular complexity index is 850. The van der Waals surface area contributed by atoms with Gasteiger partial charge < -0.3 is 0 Å². The lowest BCUT2D eigenvalue weighted by Gasteiger charge is -2.22. The molecule has 0 aliphatic rings. The van der Waals surface area contributed by atoms with Gasteiger partial charge in [-0.1, -0.05) is 167 Å². The van der Waals surface area contributed by atoms with Crippen LogP contribution in [0, 0.1) is 0 Å². The highest BCUT2D eigenvalue weighted by Crippen LogP contribution is 2.60. The fourth-order valence-electron chi connectivity index (χ4n) is 5.53. The van der Waals surface area contributed by atoms with Gasteiger partial charge in [-0.2, -0.15) is 9.05 Å². The van der Waals surface area contributed by atoms with Gasteiger partial charge in [-0.05, 0) is 55.5 Å². The second-order valence-corrected chi connectivity index (χ2v) is 14.6. The van der Waals surface area contributed by atoms with E-state index in [1.54, 1.807) is 0 Å². The minimum Gasteiger partial charge on any atom is -0.281 e. The summed E-state index contributed by atoms with van der Waals surface area (Å²) in [6.45, 7) is 8.17. The van der Waals surface area contributed by atoms with E-state index in [0.717, 1.165) is 30.3 Å². The van der Waals surface area contributed by atoms with Gasteiger partial charge in [-0.3, -0.25) is 4.52 Å². The topological polar surface area (TPSA) is 27.7 Å². The molecule has 0 saturated heterocycles. The molecule has 0 saturated carbocycles. The monoisotopic (exact) mass is 613 g/mol. The summed E-state index contributed by atoms with van der Waals surface area (Å²) in [5.41, 5.74) is 1.39. The van der Waals surface area contributed by atoms with E-state index in [2.05, 4.69) is 75.4 Å². The molecule has 2 aromatic carbocycles. The molecule has 2 aromatic rings. The Morgan fingerprint density at radius 3 is 1.33 bits per heavy atom. The number of unbranched alkanes of at least 4 members (excludes halogenated alkanes) is 18. The van der Waals surface area contributed by atoms with Crippen molar-refractivity contribution < 1.29 is 13.6 Å². The van der Waals surface area contributed by atoms with Crippen LogP contribution in [0.5, 0.6) is 5.75 Å². The normalized spacial score (nSPS) is 11.7. The summed E-state index contributed by atoms with van der Waals surface area (Å²) in [5.74, 6) is 0.847. The first kappa shape index (κ1) is 37.8. The van der Waals surface area contributed by atoms with Crippen molar-refractivity contribution in [2.75, 3.05) is 13.2 Å². The van der Waals surface area contributed by atoms with Crippen molar-refractivity contribution in [3.63, 3.8) is 0 Å². The lowest BCUT2D eigenvalue weighted by Crippen LogP contribution is -2.22. The van der Waals surface area contributed by atoms with Crippen LogP contribution in [-0.4, -0.2) is 13.2 Å². The molecule has 0 aliphatic carbocycles. The molecule has 0 heterocycles. The van der Waals surface area contributed by atoms with Crippen molar-refractivity contribution in [2.24, 2.45) is 0 Å². The highest BCUT2D eigenvalue weighted by molar-refractivity contribution is 7.69. The standard InChI is InChI=1S/C39H66O3P/c1-4-7-10-13-16-19-23-28-37-31-33-38(34-32-37)42-43(39-29-24-22-25-30-39,40-35-26-20-17-14-11-8-5-2)41-36-27-21-18-15-12-9-6-3/h22,24-25,29-34H,4-21,23,26-28,35-36H2,1-3H3/q+1. The Labute approximate surface area is 267 Å². The highest BCUT2D eigenvalue weighted by Gasteiger charge is 2.50. The van der Waals surface area contributed by atoms with Gasteiger partial charge in [0.1, 0.15) is 0 Å². The maximum Gasteiger partial charge on any atom is 0.492 e. The maximum absolute atomic E-state index is 6.81. The number of rotatable bonds is 29. The van der Waals surface area contributed by atoms with Gasteiger partial charge in [0, 0.05) is 0 Å². The summed E-state index contributed by atoms with van der Waals surface area (Å²) in [5, 5.41) is 1.04. The van der Waals surface area contributed by atoms with Crippen molar-refractivity contribution >= 4 is 13.2 Å². The molecule has 0 unspecified atom stereocenters. The van der Waals surface area contributed by atoms with Gasteiger partial charge in [-0.15, -0.1) is 0 Å². The molecule has 0 aromatic heterocycles. The molecule has 0 spiro atoms. The van der Waals surface area contributed by atoms with Gasteiger partial charge >= 0.3 is 7.94 Å². The molecule has 3 nitrogen and oxygen atoms in total. The second-order valence-electron chi connectivity index (χ2n) is 12.3. The first-order valence-corrected chi connectivity index (χ1v) is 19.8. The van der Waals surface area contributed by atoms with Crippen molar-refractivity contribution in [1.82, 2.24) is 0 Å². The van der Waals surface area contributed by atoms with E-state index in [4.69, 9.17) is 13.6 Å². The van der Waals surface area contributed by atoms with Crippen LogP contribution in [0.2, 0.25) is 0 Å². The average Bonchev–Trinajstić information content (AvgIpc) is 3.04. The van der Waals surface area contributed by atoms with E-state index in [0.29, 0.717) is 13.2 Å². The second kappa shape index (κ2) is 25.9. The minimum atomic E-state index is -2.76. The van der Waals surface area contributed by atoms with Gasteiger partial charge in [0.25, 0.3) is 0 Å². The fourth-order valence-corrected chi connectivity index (χ4v) is 7.79. The predicted molar refractivity (Wildman–Crippen MR) is 190 cm³/mol. The zero-order chi connectivity index (χ0) is 30.7. The van der Waals surface area contributed by atoms with Crippen LogP contribution < -0.4 is 9.83 Å². The Balaban J connectivity index is 2.01. The third-order valence-corrected chi connectivity index (χ3v) is 10.7. The van der Waals surface area contributed by atoms with E-state index < -0.39 is 7.94 Å². The summed E-state index contributed by atoms with van der Waals surface area (Å²) in [7, 11) is -2.76. The summed E-state index contributed by atoms with van der Waals surface area (Å²) < 4.78 is 20.3. The quantitative estimate of drug-likeness (QED) is 0.0675. The summed E-state index contributed by atoms with van der Waals surface area (Å²) in [4.78, 5) is 0. The minimum absolute atomic E-state index is 0.670. The van der Waals surface area contributed by atoms with Crippen molar-refractivity contribution in [1.29, 1.82) is 0 Å². The molecule has 0 bridgehead atoms. The van der Waals surface area contributed by atoms with E-state index >= 15 is 0 Å². The number of hydrogen-bond acceptors (Lipinski definition) is 3. The molecule has 0 amide bonds. The first-order valence-electron chi connectivity index (χ1n) is 18.3. The van der Waals surface area contributed by atoms with E-state index in [-0.39, 0.29) is 0 Å². The predicted octanol–water partition coefficient (Wildman–Crippen LogP) is 13.0. The molecule has 0 N–H and O–H groups in total. The van der Waals surface area contributed by atoms with Crippen LogP contribution in [0.15, 0.2) is 54.6 Å². The number of aryl methyl sites for hydroxylation is 1. The Morgan fingerprint density at radius 1 is 0.442 bits per heavy atom. The smallest absolute Gasteiger partial charge is 0.281 e. The van der Waals surface area contributed by atoms with Crippen molar-refractivity contribution in [3.05, 3.63) is 60.2 Å². The molecule has 0 fully saturated rings. The third-order valence-electron chi connectivity index (χ3n) is 8.31. The Kier molecular flexibility index (Phi) is 22.7. The molecule has 0 atom stereocenters.